The molecule has 1 amide bonds. The molecule has 18 heavy (non-hydrogen) atoms. The van der Waals surface area contributed by atoms with Crippen LogP contribution in [0.3, 0.4) is 0 Å². The Hall–Kier alpha value is -1.23. The minimum Gasteiger partial charge on any atom is -0.486 e. The van der Waals surface area contributed by atoms with Gasteiger partial charge in [-0.3, -0.25) is 4.79 Å². The van der Waals surface area contributed by atoms with Gasteiger partial charge in [0.15, 0.2) is 11.5 Å². The SMILES string of the molecule is CC(CBr)CNC(=O)c1ccc2c(c1)OCCO2. The van der Waals surface area contributed by atoms with Gasteiger partial charge in [0.25, 0.3) is 5.91 Å². The normalized spacial score (nSPS) is 15.0. The van der Waals surface area contributed by atoms with Crippen molar-refractivity contribution in [2.45, 2.75) is 6.92 Å². The van der Waals surface area contributed by atoms with Crippen LogP contribution in [0.1, 0.15) is 17.3 Å². The van der Waals surface area contributed by atoms with Crippen LogP contribution in [0.4, 0.5) is 0 Å². The topological polar surface area (TPSA) is 47.6 Å². The summed E-state index contributed by atoms with van der Waals surface area (Å²) in [4.78, 5) is 11.9. The molecule has 0 aromatic heterocycles. The molecular formula is C13H16BrNO3. The Kier molecular flexibility index (Phi) is 4.47. The molecule has 0 saturated carbocycles. The van der Waals surface area contributed by atoms with Crippen molar-refractivity contribution in [3.63, 3.8) is 0 Å². The molecule has 1 aromatic carbocycles. The summed E-state index contributed by atoms with van der Waals surface area (Å²) < 4.78 is 10.9. The molecule has 1 aliphatic rings. The standard InChI is InChI=1S/C13H16BrNO3/c1-9(7-14)8-15-13(16)10-2-3-11-12(6-10)18-5-4-17-11/h2-3,6,9H,4-5,7-8H2,1H3,(H,15,16). The van der Waals surface area contributed by atoms with Gasteiger partial charge in [-0.05, 0) is 24.1 Å². The van der Waals surface area contributed by atoms with Crippen LogP contribution in [0.15, 0.2) is 18.2 Å². The first kappa shape index (κ1) is 13.2. The first-order valence-corrected chi connectivity index (χ1v) is 7.06. The van der Waals surface area contributed by atoms with Gasteiger partial charge in [-0.1, -0.05) is 22.9 Å². The summed E-state index contributed by atoms with van der Waals surface area (Å²) in [7, 11) is 0. The third kappa shape index (κ3) is 3.16. The van der Waals surface area contributed by atoms with E-state index in [1.165, 1.54) is 0 Å². The number of fused-ring (bicyclic) bond motifs is 1. The highest BCUT2D eigenvalue weighted by Crippen LogP contribution is 2.30. The third-order valence-electron chi connectivity index (χ3n) is 2.68. The highest BCUT2D eigenvalue weighted by atomic mass is 79.9. The number of benzene rings is 1. The maximum Gasteiger partial charge on any atom is 0.251 e. The number of halogens is 1. The lowest BCUT2D eigenvalue weighted by Crippen LogP contribution is -2.29. The molecule has 1 aromatic rings. The van der Waals surface area contributed by atoms with Crippen molar-refractivity contribution in [1.29, 1.82) is 0 Å². The van der Waals surface area contributed by atoms with E-state index in [-0.39, 0.29) is 5.91 Å². The van der Waals surface area contributed by atoms with E-state index in [0.29, 0.717) is 42.7 Å². The maximum absolute atomic E-state index is 11.9. The van der Waals surface area contributed by atoms with Crippen molar-refractivity contribution in [3.05, 3.63) is 23.8 Å². The maximum atomic E-state index is 11.9. The Bertz CT molecular complexity index is 436. The fourth-order valence-corrected chi connectivity index (χ4v) is 1.84. The van der Waals surface area contributed by atoms with Gasteiger partial charge in [-0.2, -0.15) is 0 Å². The van der Waals surface area contributed by atoms with Gasteiger partial charge in [0.05, 0.1) is 0 Å². The molecule has 1 N–H and O–H groups in total. The first-order valence-electron chi connectivity index (χ1n) is 5.94. The zero-order chi connectivity index (χ0) is 13.0. The Morgan fingerprint density at radius 2 is 2.11 bits per heavy atom. The lowest BCUT2D eigenvalue weighted by Gasteiger charge is -2.18. The number of nitrogens with one attached hydrogen (secondary N) is 1. The molecule has 1 aliphatic heterocycles. The Balaban J connectivity index is 2.02. The molecule has 1 heterocycles. The Morgan fingerprint density at radius 3 is 2.83 bits per heavy atom. The minimum atomic E-state index is -0.0835. The molecule has 0 bridgehead atoms. The molecule has 2 rings (SSSR count). The largest absolute Gasteiger partial charge is 0.486 e. The van der Waals surface area contributed by atoms with E-state index in [9.17, 15) is 4.79 Å². The Labute approximate surface area is 115 Å². The number of carbonyl (C=O) groups excluding carboxylic acids is 1. The van der Waals surface area contributed by atoms with Crippen LogP contribution in [0.2, 0.25) is 0 Å². The van der Waals surface area contributed by atoms with Crippen molar-refractivity contribution < 1.29 is 14.3 Å². The Morgan fingerprint density at radius 1 is 1.39 bits per heavy atom. The number of carbonyl (C=O) groups is 1. The molecule has 98 valence electrons. The summed E-state index contributed by atoms with van der Waals surface area (Å²) in [6, 6.07) is 5.25. The minimum absolute atomic E-state index is 0.0835. The van der Waals surface area contributed by atoms with Crippen LogP contribution >= 0.6 is 15.9 Å². The average Bonchev–Trinajstić information content (AvgIpc) is 2.43. The highest BCUT2D eigenvalue weighted by molar-refractivity contribution is 9.09. The van der Waals surface area contributed by atoms with Gasteiger partial charge < -0.3 is 14.8 Å². The summed E-state index contributed by atoms with van der Waals surface area (Å²) in [6.07, 6.45) is 0. The molecule has 1 unspecified atom stereocenters. The van der Waals surface area contributed by atoms with Gasteiger partial charge in [0.1, 0.15) is 13.2 Å². The first-order chi connectivity index (χ1) is 8.70. The summed E-state index contributed by atoms with van der Waals surface area (Å²) in [5.74, 6) is 1.67. The molecule has 4 nitrogen and oxygen atoms in total. The molecule has 0 radical (unpaired) electrons. The predicted molar refractivity (Wildman–Crippen MR) is 72.7 cm³/mol. The van der Waals surface area contributed by atoms with Crippen LogP contribution in [-0.2, 0) is 0 Å². The molecular weight excluding hydrogens is 298 g/mol. The van der Waals surface area contributed by atoms with Crippen LogP contribution in [0.5, 0.6) is 11.5 Å². The van der Waals surface area contributed by atoms with E-state index in [4.69, 9.17) is 9.47 Å². The van der Waals surface area contributed by atoms with Crippen molar-refractivity contribution in [2.75, 3.05) is 25.1 Å². The zero-order valence-corrected chi connectivity index (χ0v) is 11.8. The predicted octanol–water partition coefficient (Wildman–Crippen LogP) is 2.22. The third-order valence-corrected chi connectivity index (χ3v) is 3.78. The number of amides is 1. The number of hydrogen-bond acceptors (Lipinski definition) is 3. The molecule has 1 atom stereocenters. The highest BCUT2D eigenvalue weighted by Gasteiger charge is 2.15. The zero-order valence-electron chi connectivity index (χ0n) is 10.2. The smallest absolute Gasteiger partial charge is 0.251 e. The second-order valence-electron chi connectivity index (χ2n) is 4.33. The fourth-order valence-electron chi connectivity index (χ4n) is 1.61. The lowest BCUT2D eigenvalue weighted by molar-refractivity contribution is 0.0948. The monoisotopic (exact) mass is 313 g/mol. The van der Waals surface area contributed by atoms with E-state index in [2.05, 4.69) is 28.2 Å². The number of hydrogen-bond donors (Lipinski definition) is 1. The van der Waals surface area contributed by atoms with Crippen LogP contribution in [-0.4, -0.2) is 31.0 Å². The average molecular weight is 314 g/mol. The number of alkyl halides is 1. The van der Waals surface area contributed by atoms with Crippen molar-refractivity contribution in [2.24, 2.45) is 5.92 Å². The van der Waals surface area contributed by atoms with Gasteiger partial charge in [0.2, 0.25) is 0 Å². The molecule has 0 saturated heterocycles. The number of rotatable bonds is 4. The van der Waals surface area contributed by atoms with Gasteiger partial charge >= 0.3 is 0 Å². The van der Waals surface area contributed by atoms with E-state index in [1.807, 2.05) is 0 Å². The van der Waals surface area contributed by atoms with E-state index in [1.54, 1.807) is 18.2 Å². The van der Waals surface area contributed by atoms with Crippen LogP contribution in [0, 0.1) is 5.92 Å². The van der Waals surface area contributed by atoms with Gasteiger partial charge in [-0.15, -0.1) is 0 Å². The van der Waals surface area contributed by atoms with Gasteiger partial charge in [-0.25, -0.2) is 0 Å². The molecule has 5 heteroatoms. The molecule has 0 fully saturated rings. The van der Waals surface area contributed by atoms with Crippen molar-refractivity contribution in [1.82, 2.24) is 5.32 Å². The van der Waals surface area contributed by atoms with E-state index in [0.717, 1.165) is 5.33 Å². The second kappa shape index (κ2) is 6.09. The van der Waals surface area contributed by atoms with E-state index >= 15 is 0 Å². The summed E-state index contributed by atoms with van der Waals surface area (Å²) in [6.45, 7) is 3.80. The number of ether oxygens (including phenoxy) is 2. The van der Waals surface area contributed by atoms with Crippen LogP contribution in [0.25, 0.3) is 0 Å². The van der Waals surface area contributed by atoms with E-state index < -0.39 is 0 Å². The lowest BCUT2D eigenvalue weighted by atomic mass is 10.1. The van der Waals surface area contributed by atoms with Crippen molar-refractivity contribution in [3.8, 4) is 11.5 Å². The quantitative estimate of drug-likeness (QED) is 0.867. The summed E-state index contributed by atoms with van der Waals surface area (Å²) in [5, 5.41) is 3.76. The second-order valence-corrected chi connectivity index (χ2v) is 4.98. The van der Waals surface area contributed by atoms with Crippen LogP contribution < -0.4 is 14.8 Å². The molecule has 0 aliphatic carbocycles. The molecule has 0 spiro atoms. The fraction of sp³-hybridized carbons (Fsp3) is 0.462. The van der Waals surface area contributed by atoms with Gasteiger partial charge in [0, 0.05) is 17.4 Å². The summed E-state index contributed by atoms with van der Waals surface area (Å²) >= 11 is 3.38. The van der Waals surface area contributed by atoms with Crippen molar-refractivity contribution >= 4 is 21.8 Å². The summed E-state index contributed by atoms with van der Waals surface area (Å²) in [5.41, 5.74) is 0.598.